The van der Waals surface area contributed by atoms with Gasteiger partial charge in [0.05, 0.1) is 11.1 Å². The smallest absolute Gasteiger partial charge is 0.272 e. The molecule has 0 amide bonds. The van der Waals surface area contributed by atoms with Crippen molar-refractivity contribution >= 4 is 27.7 Å². The van der Waals surface area contributed by atoms with E-state index in [0.717, 1.165) is 10.9 Å². The van der Waals surface area contributed by atoms with Crippen LogP contribution in [0.3, 0.4) is 0 Å². The van der Waals surface area contributed by atoms with Gasteiger partial charge in [-0.25, -0.2) is 9.31 Å². The van der Waals surface area contributed by atoms with Crippen LogP contribution in [-0.2, 0) is 11.3 Å². The van der Waals surface area contributed by atoms with E-state index in [2.05, 4.69) is 14.9 Å². The van der Waals surface area contributed by atoms with Gasteiger partial charge in [-0.15, -0.1) is 0 Å². The second kappa shape index (κ2) is 5.47. The standard InChI is InChI=1S/C14H11N3O3S/c18-14-12-7-2-1-6-11(12)13(15-16-14)9-4-3-5-10(8-9)17-21(19)20/h1-8,17H,(H,16,18)(H,19,20). The van der Waals surface area contributed by atoms with E-state index in [0.29, 0.717) is 16.8 Å². The number of aromatic amines is 1. The van der Waals surface area contributed by atoms with Crippen molar-refractivity contribution in [2.45, 2.75) is 0 Å². The van der Waals surface area contributed by atoms with E-state index in [4.69, 9.17) is 4.55 Å². The number of nitrogens with zero attached hydrogens (tertiary/aromatic N) is 1. The summed E-state index contributed by atoms with van der Waals surface area (Å²) in [4.78, 5) is 11.8. The minimum absolute atomic E-state index is 0.250. The molecular weight excluding hydrogens is 290 g/mol. The minimum Gasteiger partial charge on any atom is -0.289 e. The van der Waals surface area contributed by atoms with Crippen LogP contribution in [0.4, 0.5) is 5.69 Å². The lowest BCUT2D eigenvalue weighted by Gasteiger charge is -2.07. The number of H-pyrrole nitrogens is 1. The van der Waals surface area contributed by atoms with Gasteiger partial charge in [-0.3, -0.25) is 14.1 Å². The molecule has 1 heterocycles. The third-order valence-corrected chi connectivity index (χ3v) is 3.45. The van der Waals surface area contributed by atoms with Gasteiger partial charge in [-0.2, -0.15) is 5.10 Å². The lowest BCUT2D eigenvalue weighted by molar-refractivity contribution is 0.570. The third kappa shape index (κ3) is 2.69. The minimum atomic E-state index is -2.14. The Balaban J connectivity index is 2.19. The highest BCUT2D eigenvalue weighted by Crippen LogP contribution is 2.26. The largest absolute Gasteiger partial charge is 0.289 e. The summed E-state index contributed by atoms with van der Waals surface area (Å²) in [7, 11) is 0. The molecule has 7 heteroatoms. The number of anilines is 1. The van der Waals surface area contributed by atoms with Gasteiger partial charge < -0.3 is 0 Å². The topological polar surface area (TPSA) is 95.1 Å². The summed E-state index contributed by atoms with van der Waals surface area (Å²) in [6.07, 6.45) is 0. The normalized spacial score (nSPS) is 12.2. The summed E-state index contributed by atoms with van der Waals surface area (Å²) in [6.45, 7) is 0. The number of benzene rings is 2. The van der Waals surface area contributed by atoms with Crippen LogP contribution >= 0.6 is 0 Å². The first-order valence-corrected chi connectivity index (χ1v) is 7.21. The zero-order chi connectivity index (χ0) is 14.8. The van der Waals surface area contributed by atoms with Crippen LogP contribution in [0.2, 0.25) is 0 Å². The molecule has 0 bridgehead atoms. The van der Waals surface area contributed by atoms with E-state index in [-0.39, 0.29) is 5.56 Å². The predicted octanol–water partition coefficient (Wildman–Crippen LogP) is 2.14. The number of hydrogen-bond acceptors (Lipinski definition) is 3. The summed E-state index contributed by atoms with van der Waals surface area (Å²) in [5.41, 5.74) is 1.58. The average Bonchev–Trinajstić information content (AvgIpc) is 2.47. The van der Waals surface area contributed by atoms with Crippen molar-refractivity contribution in [3.05, 3.63) is 58.9 Å². The van der Waals surface area contributed by atoms with E-state index < -0.39 is 11.3 Å². The number of aromatic nitrogens is 2. The lowest BCUT2D eigenvalue weighted by atomic mass is 10.0. The first kappa shape index (κ1) is 13.5. The van der Waals surface area contributed by atoms with Gasteiger partial charge in [0, 0.05) is 16.6 Å². The average molecular weight is 301 g/mol. The Morgan fingerprint density at radius 2 is 1.86 bits per heavy atom. The molecular formula is C14H11N3O3S. The van der Waals surface area contributed by atoms with Crippen LogP contribution in [-0.4, -0.2) is 19.0 Å². The molecule has 0 aliphatic heterocycles. The zero-order valence-electron chi connectivity index (χ0n) is 10.7. The maximum atomic E-state index is 11.8. The van der Waals surface area contributed by atoms with Crippen LogP contribution in [0.1, 0.15) is 0 Å². The van der Waals surface area contributed by atoms with Crippen molar-refractivity contribution in [1.82, 2.24) is 10.2 Å². The third-order valence-electron chi connectivity index (χ3n) is 3.04. The van der Waals surface area contributed by atoms with Gasteiger partial charge in [0.2, 0.25) is 0 Å². The van der Waals surface area contributed by atoms with Crippen molar-refractivity contribution in [3.8, 4) is 11.3 Å². The van der Waals surface area contributed by atoms with E-state index in [9.17, 15) is 9.00 Å². The van der Waals surface area contributed by atoms with Crippen LogP contribution in [0, 0.1) is 0 Å². The van der Waals surface area contributed by atoms with Gasteiger partial charge in [-0.05, 0) is 18.2 Å². The first-order chi connectivity index (χ1) is 10.1. The first-order valence-electron chi connectivity index (χ1n) is 6.10. The molecule has 21 heavy (non-hydrogen) atoms. The van der Waals surface area contributed by atoms with Gasteiger partial charge in [-0.1, -0.05) is 30.3 Å². The number of hydrogen-bond donors (Lipinski definition) is 3. The Morgan fingerprint density at radius 1 is 1.10 bits per heavy atom. The van der Waals surface area contributed by atoms with Crippen molar-refractivity contribution in [2.75, 3.05) is 4.72 Å². The number of nitrogens with one attached hydrogen (secondary N) is 2. The molecule has 3 rings (SSSR count). The summed E-state index contributed by atoms with van der Waals surface area (Å²) in [6, 6.07) is 14.1. The SMILES string of the molecule is O=c1[nH]nc(-c2cccc(NS(=O)O)c2)c2ccccc12. The molecule has 6 nitrogen and oxygen atoms in total. The highest BCUT2D eigenvalue weighted by atomic mass is 32.2. The van der Waals surface area contributed by atoms with Crippen molar-refractivity contribution in [2.24, 2.45) is 0 Å². The highest BCUT2D eigenvalue weighted by Gasteiger charge is 2.09. The quantitative estimate of drug-likeness (QED) is 0.646. The summed E-state index contributed by atoms with van der Waals surface area (Å²) < 4.78 is 22.1. The van der Waals surface area contributed by atoms with Crippen molar-refractivity contribution < 1.29 is 8.76 Å². The van der Waals surface area contributed by atoms with E-state index in [1.165, 1.54) is 0 Å². The monoisotopic (exact) mass is 301 g/mol. The van der Waals surface area contributed by atoms with Gasteiger partial charge in [0.1, 0.15) is 0 Å². The van der Waals surface area contributed by atoms with E-state index >= 15 is 0 Å². The molecule has 0 saturated heterocycles. The highest BCUT2D eigenvalue weighted by molar-refractivity contribution is 7.80. The Bertz CT molecular complexity index is 892. The summed E-state index contributed by atoms with van der Waals surface area (Å²) in [5.74, 6) is 0. The molecule has 0 aliphatic carbocycles. The Kier molecular flexibility index (Phi) is 3.51. The fourth-order valence-corrected chi connectivity index (χ4v) is 2.49. The van der Waals surface area contributed by atoms with E-state index in [1.54, 1.807) is 30.3 Å². The molecule has 0 fully saturated rings. The molecule has 3 aromatic rings. The van der Waals surface area contributed by atoms with Gasteiger partial charge >= 0.3 is 0 Å². The molecule has 0 radical (unpaired) electrons. The van der Waals surface area contributed by atoms with Crippen LogP contribution in [0.25, 0.3) is 22.0 Å². The second-order valence-electron chi connectivity index (χ2n) is 4.38. The zero-order valence-corrected chi connectivity index (χ0v) is 11.6. The molecule has 1 unspecified atom stereocenters. The molecule has 1 atom stereocenters. The van der Waals surface area contributed by atoms with Gasteiger partial charge in [0.15, 0.2) is 0 Å². The Labute approximate surface area is 122 Å². The number of fused-ring (bicyclic) bond motifs is 1. The molecule has 3 N–H and O–H groups in total. The van der Waals surface area contributed by atoms with Gasteiger partial charge in [0.25, 0.3) is 16.8 Å². The maximum Gasteiger partial charge on any atom is 0.272 e. The second-order valence-corrected chi connectivity index (χ2v) is 5.08. The van der Waals surface area contributed by atoms with Crippen molar-refractivity contribution in [1.29, 1.82) is 0 Å². The Hall–Kier alpha value is -2.51. The van der Waals surface area contributed by atoms with Crippen LogP contribution in [0.5, 0.6) is 0 Å². The van der Waals surface area contributed by atoms with Crippen LogP contribution in [0.15, 0.2) is 53.3 Å². The fourth-order valence-electron chi connectivity index (χ4n) is 2.17. The molecule has 2 aromatic carbocycles. The van der Waals surface area contributed by atoms with Crippen LogP contribution < -0.4 is 10.3 Å². The van der Waals surface area contributed by atoms with E-state index in [1.807, 2.05) is 18.2 Å². The summed E-state index contributed by atoms with van der Waals surface area (Å²) >= 11 is -2.14. The maximum absolute atomic E-state index is 11.8. The molecule has 1 aromatic heterocycles. The molecule has 0 spiro atoms. The molecule has 106 valence electrons. The lowest BCUT2D eigenvalue weighted by Crippen LogP contribution is -2.09. The molecule has 0 saturated carbocycles. The fraction of sp³-hybridized carbons (Fsp3) is 0. The molecule has 0 aliphatic rings. The Morgan fingerprint density at radius 3 is 2.62 bits per heavy atom. The van der Waals surface area contributed by atoms with Crippen molar-refractivity contribution in [3.63, 3.8) is 0 Å². The summed E-state index contributed by atoms with van der Waals surface area (Å²) in [5, 5.41) is 7.83. The number of rotatable bonds is 3. The predicted molar refractivity (Wildman–Crippen MR) is 82.2 cm³/mol.